The molecule has 0 radical (unpaired) electrons. The normalized spacial score (nSPS) is 14.2. The van der Waals surface area contributed by atoms with Crippen molar-refractivity contribution in [2.24, 2.45) is 0 Å². The van der Waals surface area contributed by atoms with Gasteiger partial charge in [-0.05, 0) is 44.0 Å². The zero-order valence-corrected chi connectivity index (χ0v) is 17.4. The van der Waals surface area contributed by atoms with E-state index in [1.807, 2.05) is 0 Å². The third-order valence-electron chi connectivity index (χ3n) is 5.88. The maximum atomic E-state index is 5.41. The predicted molar refractivity (Wildman–Crippen MR) is 125 cm³/mol. The summed E-state index contributed by atoms with van der Waals surface area (Å²) in [5, 5.41) is 5.72. The largest absolute Gasteiger partial charge is 0.497 e. The van der Waals surface area contributed by atoms with Gasteiger partial charge in [0.25, 0.3) is 0 Å². The van der Waals surface area contributed by atoms with E-state index in [0.29, 0.717) is 0 Å². The maximum Gasteiger partial charge on any atom is 0.180 e. The summed E-state index contributed by atoms with van der Waals surface area (Å²) in [5.41, 5.74) is 2.60. The molecule has 1 aliphatic rings. The molecule has 0 fully saturated rings. The van der Waals surface area contributed by atoms with Crippen LogP contribution in [0.1, 0.15) is 11.1 Å². The van der Waals surface area contributed by atoms with Crippen molar-refractivity contribution in [3.8, 4) is 5.75 Å². The van der Waals surface area contributed by atoms with Gasteiger partial charge < -0.3 is 4.74 Å². The first kappa shape index (κ1) is 17.7. The molecule has 0 N–H and O–H groups in total. The summed E-state index contributed by atoms with van der Waals surface area (Å²) >= 11 is 0. The number of rotatable bonds is 4. The van der Waals surface area contributed by atoms with Crippen LogP contribution in [0.3, 0.4) is 0 Å². The minimum absolute atomic E-state index is 0.886. The van der Waals surface area contributed by atoms with E-state index in [-0.39, 0.29) is 0 Å². The first-order valence-corrected chi connectivity index (χ1v) is 11.9. The molecule has 29 heavy (non-hydrogen) atoms. The summed E-state index contributed by atoms with van der Waals surface area (Å²) < 4.78 is 5.41. The van der Waals surface area contributed by atoms with Crippen molar-refractivity contribution in [2.75, 3.05) is 7.11 Å². The van der Waals surface area contributed by atoms with E-state index in [9.17, 15) is 0 Å². The van der Waals surface area contributed by atoms with E-state index in [4.69, 9.17) is 4.74 Å². The number of methoxy groups -OCH3 is 1. The quantitative estimate of drug-likeness (QED) is 0.473. The lowest BCUT2D eigenvalue weighted by Gasteiger charge is -2.33. The maximum absolute atomic E-state index is 5.41. The zero-order valence-electron chi connectivity index (χ0n) is 16.4. The Kier molecular flexibility index (Phi) is 4.42. The highest BCUT2D eigenvalue weighted by Crippen LogP contribution is 2.34. The molecule has 0 aliphatic carbocycles. The van der Waals surface area contributed by atoms with Gasteiger partial charge in [0, 0.05) is 0 Å². The molecule has 140 valence electrons. The van der Waals surface area contributed by atoms with Crippen molar-refractivity contribution >= 4 is 34.9 Å². The number of fused-ring (bicyclic) bond motifs is 1. The Morgan fingerprint density at radius 3 is 1.72 bits per heavy atom. The second-order valence-electron chi connectivity index (χ2n) is 7.36. The average Bonchev–Trinajstić information content (AvgIpc) is 3.16. The Morgan fingerprint density at radius 1 is 0.586 bits per heavy atom. The first-order chi connectivity index (χ1) is 14.3. The fourth-order valence-corrected chi connectivity index (χ4v) is 9.77. The van der Waals surface area contributed by atoms with E-state index >= 15 is 0 Å². The highest BCUT2D eigenvalue weighted by atomic mass is 28.3. The Bertz CT molecular complexity index is 1120. The van der Waals surface area contributed by atoms with E-state index in [1.165, 1.54) is 31.9 Å². The van der Waals surface area contributed by atoms with Crippen LogP contribution in [0.2, 0.25) is 0 Å². The second-order valence-corrected chi connectivity index (χ2v) is 11.1. The average molecular weight is 391 g/mol. The summed E-state index contributed by atoms with van der Waals surface area (Å²) in [6.45, 7) is 0. The van der Waals surface area contributed by atoms with Gasteiger partial charge in [0.05, 0.1) is 7.11 Å². The molecule has 1 aliphatic heterocycles. The monoisotopic (exact) mass is 390 g/mol. The van der Waals surface area contributed by atoms with Gasteiger partial charge in [0.1, 0.15) is 5.75 Å². The summed E-state index contributed by atoms with van der Waals surface area (Å²) in [5.74, 6) is 0.886. The number of ether oxygens (including phenoxy) is 1. The lowest BCUT2D eigenvalue weighted by atomic mass is 10.1. The molecular formula is C27H22OSi. The Balaban J connectivity index is 1.85. The minimum Gasteiger partial charge on any atom is -0.497 e. The van der Waals surface area contributed by atoms with E-state index in [0.717, 1.165) is 5.75 Å². The molecule has 0 bridgehead atoms. The van der Waals surface area contributed by atoms with Crippen LogP contribution in [0, 0.1) is 0 Å². The second kappa shape index (κ2) is 7.23. The fourth-order valence-electron chi connectivity index (χ4n) is 4.61. The minimum atomic E-state index is -2.38. The first-order valence-electron chi connectivity index (χ1n) is 9.91. The van der Waals surface area contributed by atoms with Crippen LogP contribution in [0.5, 0.6) is 5.75 Å². The smallest absolute Gasteiger partial charge is 0.180 e. The van der Waals surface area contributed by atoms with Gasteiger partial charge in [-0.2, -0.15) is 0 Å². The molecule has 0 unspecified atom stereocenters. The molecule has 0 saturated heterocycles. The summed E-state index contributed by atoms with van der Waals surface area (Å²) in [4.78, 5) is 0. The van der Waals surface area contributed by atoms with Gasteiger partial charge in [0.2, 0.25) is 0 Å². The van der Waals surface area contributed by atoms with Crippen molar-refractivity contribution in [2.45, 2.75) is 0 Å². The van der Waals surface area contributed by atoms with Gasteiger partial charge >= 0.3 is 0 Å². The molecule has 0 spiro atoms. The van der Waals surface area contributed by atoms with E-state index in [1.54, 1.807) is 7.11 Å². The van der Waals surface area contributed by atoms with Gasteiger partial charge in [-0.15, -0.1) is 0 Å². The topological polar surface area (TPSA) is 9.23 Å². The predicted octanol–water partition coefficient (Wildman–Crippen LogP) is 4.26. The Labute approximate surface area is 172 Å². The summed E-state index contributed by atoms with van der Waals surface area (Å²) in [7, 11) is -0.668. The molecule has 1 nitrogen and oxygen atoms in total. The van der Waals surface area contributed by atoms with Crippen LogP contribution in [-0.2, 0) is 0 Å². The molecule has 0 amide bonds. The highest BCUT2D eigenvalue weighted by molar-refractivity contribution is 7.24. The summed E-state index contributed by atoms with van der Waals surface area (Å²) in [6.07, 6.45) is 2.41. The van der Waals surface area contributed by atoms with E-state index in [2.05, 4.69) is 115 Å². The third-order valence-corrected chi connectivity index (χ3v) is 10.8. The molecular weight excluding hydrogens is 368 g/mol. The van der Waals surface area contributed by atoms with Crippen molar-refractivity contribution in [3.05, 3.63) is 120 Å². The molecule has 4 aromatic carbocycles. The Morgan fingerprint density at radius 2 is 1.14 bits per heavy atom. The van der Waals surface area contributed by atoms with Crippen molar-refractivity contribution in [1.29, 1.82) is 0 Å². The zero-order chi connectivity index (χ0) is 19.7. The molecule has 5 rings (SSSR count). The van der Waals surface area contributed by atoms with Gasteiger partial charge in [-0.25, -0.2) is 0 Å². The Hall–Kier alpha value is -3.36. The molecule has 4 aromatic rings. The summed E-state index contributed by atoms with van der Waals surface area (Å²) in [6, 6.07) is 39.5. The van der Waals surface area contributed by atoms with Crippen LogP contribution >= 0.6 is 0 Å². The van der Waals surface area contributed by atoms with Crippen molar-refractivity contribution in [3.63, 3.8) is 0 Å². The number of hydrogen-bond acceptors (Lipinski definition) is 1. The van der Waals surface area contributed by atoms with Crippen LogP contribution < -0.4 is 20.3 Å². The van der Waals surface area contributed by atoms with Crippen LogP contribution in [0.15, 0.2) is 109 Å². The highest BCUT2D eigenvalue weighted by Gasteiger charge is 2.47. The number of hydrogen-bond donors (Lipinski definition) is 0. The SMILES string of the molecule is COc1ccc(C2=Cc3ccccc3[Si]2(c2ccccc2)c2ccccc2)cc1. The lowest BCUT2D eigenvalue weighted by Crippen LogP contribution is -2.66. The standard InChI is InChI=1S/C27H22OSi/c1-28-23-18-16-21(17-19-23)27-20-22-10-8-9-15-26(22)29(27,24-11-4-2-5-12-24)25-13-6-3-7-14-25/h2-20H,1H3. The third kappa shape index (κ3) is 2.76. The molecule has 0 saturated carbocycles. The van der Waals surface area contributed by atoms with Crippen LogP contribution in [-0.4, -0.2) is 15.2 Å². The van der Waals surface area contributed by atoms with Crippen molar-refractivity contribution in [1.82, 2.24) is 0 Å². The van der Waals surface area contributed by atoms with Crippen molar-refractivity contribution < 1.29 is 4.74 Å². The molecule has 0 atom stereocenters. The van der Waals surface area contributed by atoms with Crippen LogP contribution in [0.4, 0.5) is 0 Å². The van der Waals surface area contributed by atoms with Gasteiger partial charge in [-0.1, -0.05) is 103 Å². The molecule has 0 aromatic heterocycles. The fraction of sp³-hybridized carbons (Fsp3) is 0.0370. The van der Waals surface area contributed by atoms with Gasteiger partial charge in [-0.3, -0.25) is 0 Å². The van der Waals surface area contributed by atoms with E-state index < -0.39 is 8.07 Å². The van der Waals surface area contributed by atoms with Gasteiger partial charge in [0.15, 0.2) is 8.07 Å². The van der Waals surface area contributed by atoms with Crippen LogP contribution in [0.25, 0.3) is 11.3 Å². The lowest BCUT2D eigenvalue weighted by molar-refractivity contribution is 0.415. The molecule has 1 heterocycles. The number of benzene rings is 4. The molecule has 2 heteroatoms.